The zero-order valence-corrected chi connectivity index (χ0v) is 14.1. The van der Waals surface area contributed by atoms with Gasteiger partial charge in [0, 0.05) is 15.7 Å². The van der Waals surface area contributed by atoms with E-state index >= 15 is 0 Å². The minimum atomic E-state index is -0.572. The van der Waals surface area contributed by atoms with E-state index in [4.69, 9.17) is 16.3 Å². The van der Waals surface area contributed by atoms with Gasteiger partial charge in [0.05, 0.1) is 7.11 Å². The van der Waals surface area contributed by atoms with Crippen LogP contribution in [0.4, 0.5) is 0 Å². The van der Waals surface area contributed by atoms with Crippen molar-refractivity contribution < 1.29 is 9.53 Å². The number of nitrogens with one attached hydrogen (secondary N) is 1. The highest BCUT2D eigenvalue weighted by atomic mass is 35.5. The molecule has 0 spiro atoms. The lowest BCUT2D eigenvalue weighted by Gasteiger charge is -2.32. The van der Waals surface area contributed by atoms with Crippen LogP contribution in [0, 0.1) is 5.92 Å². The van der Waals surface area contributed by atoms with Gasteiger partial charge in [-0.2, -0.15) is 0 Å². The van der Waals surface area contributed by atoms with Crippen molar-refractivity contribution in [1.82, 2.24) is 5.32 Å². The van der Waals surface area contributed by atoms with Crippen LogP contribution in [-0.2, 0) is 9.53 Å². The first-order valence-corrected chi connectivity index (χ1v) is 8.70. The molecule has 0 aromatic heterocycles. The van der Waals surface area contributed by atoms with Crippen LogP contribution in [0.2, 0.25) is 5.02 Å². The summed E-state index contributed by atoms with van der Waals surface area (Å²) in [6.45, 7) is 2.92. The van der Waals surface area contributed by atoms with Gasteiger partial charge in [-0.3, -0.25) is 4.79 Å². The van der Waals surface area contributed by atoms with Crippen LogP contribution >= 0.6 is 23.4 Å². The van der Waals surface area contributed by atoms with Gasteiger partial charge in [-0.05, 0) is 49.9 Å². The molecule has 2 rings (SSSR count). The Morgan fingerprint density at radius 3 is 2.86 bits per heavy atom. The van der Waals surface area contributed by atoms with Crippen molar-refractivity contribution in [3.05, 3.63) is 29.3 Å². The molecule has 1 saturated carbocycles. The van der Waals surface area contributed by atoms with Crippen molar-refractivity contribution in [3.63, 3.8) is 0 Å². The van der Waals surface area contributed by atoms with Crippen LogP contribution in [0.25, 0.3) is 0 Å². The highest BCUT2D eigenvalue weighted by Gasteiger charge is 2.51. The number of thioether (sulfide) groups is 1. The minimum absolute atomic E-state index is 0.145. The van der Waals surface area contributed by atoms with E-state index in [9.17, 15) is 4.79 Å². The molecule has 5 heteroatoms. The zero-order valence-electron chi connectivity index (χ0n) is 12.5. The number of rotatable bonds is 8. The van der Waals surface area contributed by atoms with Crippen molar-refractivity contribution in [2.24, 2.45) is 5.92 Å². The van der Waals surface area contributed by atoms with Gasteiger partial charge in [-0.1, -0.05) is 24.6 Å². The third-order valence-corrected chi connectivity index (χ3v) is 5.20. The SMILES string of the molecule is CCCNC(CSc1cccc(Cl)c1)(C(=O)OC)C1CC1. The van der Waals surface area contributed by atoms with Gasteiger partial charge in [0.25, 0.3) is 0 Å². The quantitative estimate of drug-likeness (QED) is 0.583. The molecule has 1 aromatic rings. The Morgan fingerprint density at radius 2 is 2.29 bits per heavy atom. The summed E-state index contributed by atoms with van der Waals surface area (Å²) in [5.41, 5.74) is -0.572. The molecule has 0 aliphatic heterocycles. The molecule has 1 atom stereocenters. The molecule has 0 radical (unpaired) electrons. The monoisotopic (exact) mass is 327 g/mol. The second kappa shape index (κ2) is 7.52. The molecule has 21 heavy (non-hydrogen) atoms. The smallest absolute Gasteiger partial charge is 0.327 e. The fourth-order valence-electron chi connectivity index (χ4n) is 2.47. The van der Waals surface area contributed by atoms with E-state index in [0.29, 0.717) is 11.7 Å². The van der Waals surface area contributed by atoms with E-state index < -0.39 is 5.54 Å². The number of halogens is 1. The lowest BCUT2D eigenvalue weighted by Crippen LogP contribution is -2.57. The van der Waals surface area contributed by atoms with Crippen molar-refractivity contribution in [3.8, 4) is 0 Å². The third kappa shape index (κ3) is 4.15. The van der Waals surface area contributed by atoms with E-state index in [0.717, 1.165) is 35.7 Å². The van der Waals surface area contributed by atoms with E-state index in [-0.39, 0.29) is 5.97 Å². The van der Waals surface area contributed by atoms with Crippen LogP contribution in [0.3, 0.4) is 0 Å². The van der Waals surface area contributed by atoms with Crippen LogP contribution in [0.5, 0.6) is 0 Å². The summed E-state index contributed by atoms with van der Waals surface area (Å²) in [5, 5.41) is 4.17. The Bertz CT molecular complexity index is 493. The van der Waals surface area contributed by atoms with Crippen molar-refractivity contribution in [1.29, 1.82) is 0 Å². The van der Waals surface area contributed by atoms with Gasteiger partial charge >= 0.3 is 5.97 Å². The lowest BCUT2D eigenvalue weighted by molar-refractivity contribution is -0.148. The molecule has 1 unspecified atom stereocenters. The van der Waals surface area contributed by atoms with Gasteiger partial charge in [0.2, 0.25) is 0 Å². The Morgan fingerprint density at radius 1 is 1.52 bits per heavy atom. The van der Waals surface area contributed by atoms with Gasteiger partial charge in [-0.15, -0.1) is 11.8 Å². The average molecular weight is 328 g/mol. The fraction of sp³-hybridized carbons (Fsp3) is 0.562. The molecule has 0 bridgehead atoms. The number of benzene rings is 1. The number of carbonyl (C=O) groups is 1. The van der Waals surface area contributed by atoms with Gasteiger partial charge in [0.1, 0.15) is 5.54 Å². The van der Waals surface area contributed by atoms with Crippen LogP contribution in [0.15, 0.2) is 29.2 Å². The predicted octanol–water partition coefficient (Wildman–Crippen LogP) is 3.75. The lowest BCUT2D eigenvalue weighted by atomic mass is 9.95. The van der Waals surface area contributed by atoms with E-state index in [1.54, 1.807) is 11.8 Å². The fourth-order valence-corrected chi connectivity index (χ4v) is 3.96. The minimum Gasteiger partial charge on any atom is -0.468 e. The van der Waals surface area contributed by atoms with E-state index in [2.05, 4.69) is 12.2 Å². The zero-order chi connectivity index (χ0) is 15.3. The largest absolute Gasteiger partial charge is 0.468 e. The average Bonchev–Trinajstić information content (AvgIpc) is 3.32. The molecule has 1 fully saturated rings. The molecule has 0 amide bonds. The molecule has 3 nitrogen and oxygen atoms in total. The van der Waals surface area contributed by atoms with Crippen molar-refractivity contribution in [2.75, 3.05) is 19.4 Å². The molecule has 0 saturated heterocycles. The molecule has 1 aliphatic rings. The van der Waals surface area contributed by atoms with E-state index in [1.165, 1.54) is 7.11 Å². The first-order chi connectivity index (χ1) is 10.1. The number of hydrogen-bond donors (Lipinski definition) is 1. The standard InChI is InChI=1S/C16H22ClNO2S/c1-3-9-18-16(12-7-8-12,15(19)20-2)11-21-14-6-4-5-13(17)10-14/h4-6,10,12,18H,3,7-9,11H2,1-2H3. The second-order valence-corrected chi connectivity index (χ2v) is 6.90. The van der Waals surface area contributed by atoms with Gasteiger partial charge in [0.15, 0.2) is 0 Å². The summed E-state index contributed by atoms with van der Waals surface area (Å²) in [6, 6.07) is 7.74. The van der Waals surface area contributed by atoms with Gasteiger partial charge < -0.3 is 10.1 Å². The maximum Gasteiger partial charge on any atom is 0.327 e. The molecule has 1 aliphatic carbocycles. The molecule has 0 heterocycles. The van der Waals surface area contributed by atoms with Crippen molar-refractivity contribution >= 4 is 29.3 Å². The summed E-state index contributed by atoms with van der Waals surface area (Å²) in [7, 11) is 1.47. The third-order valence-electron chi connectivity index (χ3n) is 3.78. The number of carbonyl (C=O) groups excluding carboxylic acids is 1. The maximum absolute atomic E-state index is 12.4. The van der Waals surface area contributed by atoms with Crippen LogP contribution in [0.1, 0.15) is 26.2 Å². The summed E-state index contributed by atoms with van der Waals surface area (Å²) < 4.78 is 5.09. The molecule has 116 valence electrons. The predicted molar refractivity (Wildman–Crippen MR) is 87.9 cm³/mol. The summed E-state index contributed by atoms with van der Waals surface area (Å²) in [6.07, 6.45) is 3.16. The maximum atomic E-state index is 12.4. The Hall–Kier alpha value is -0.710. The molecule has 1 aromatic carbocycles. The van der Waals surface area contributed by atoms with E-state index in [1.807, 2.05) is 24.3 Å². The molecular formula is C16H22ClNO2S. The number of methoxy groups -OCH3 is 1. The first-order valence-electron chi connectivity index (χ1n) is 7.34. The number of ether oxygens (including phenoxy) is 1. The summed E-state index contributed by atoms with van der Waals surface area (Å²) in [5.74, 6) is 0.904. The number of hydrogen-bond acceptors (Lipinski definition) is 4. The topological polar surface area (TPSA) is 38.3 Å². The Labute approximate surface area is 135 Å². The second-order valence-electron chi connectivity index (χ2n) is 5.41. The van der Waals surface area contributed by atoms with Gasteiger partial charge in [-0.25, -0.2) is 0 Å². The highest BCUT2D eigenvalue weighted by molar-refractivity contribution is 7.99. The number of esters is 1. The summed E-state index contributed by atoms with van der Waals surface area (Å²) >= 11 is 7.68. The van der Waals surface area contributed by atoms with Crippen molar-refractivity contribution in [2.45, 2.75) is 36.6 Å². The molecule has 1 N–H and O–H groups in total. The molecular weight excluding hydrogens is 306 g/mol. The Balaban J connectivity index is 2.12. The first kappa shape index (κ1) is 16.7. The van der Waals surface area contributed by atoms with Crippen LogP contribution < -0.4 is 5.32 Å². The summed E-state index contributed by atoms with van der Waals surface area (Å²) in [4.78, 5) is 13.5. The highest BCUT2D eigenvalue weighted by Crippen LogP contribution is 2.43. The Kier molecular flexibility index (Phi) is 5.97. The van der Waals surface area contributed by atoms with Crippen LogP contribution in [-0.4, -0.2) is 30.9 Å². The normalized spacial score (nSPS) is 17.3.